The van der Waals surface area contributed by atoms with Crippen LogP contribution in [0.5, 0.6) is 0 Å². The van der Waals surface area contributed by atoms with Crippen LogP contribution >= 0.6 is 0 Å². The molecule has 1 saturated heterocycles. The van der Waals surface area contributed by atoms with Crippen molar-refractivity contribution in [2.75, 3.05) is 36.0 Å². The summed E-state index contributed by atoms with van der Waals surface area (Å²) in [5.41, 5.74) is 2.14. The van der Waals surface area contributed by atoms with E-state index in [-0.39, 0.29) is 5.82 Å². The lowest BCUT2D eigenvalue weighted by Gasteiger charge is -2.37. The molecule has 1 aromatic heterocycles. The first-order valence-electron chi connectivity index (χ1n) is 7.69. The summed E-state index contributed by atoms with van der Waals surface area (Å²) < 4.78 is 14.1. The summed E-state index contributed by atoms with van der Waals surface area (Å²) in [4.78, 5) is 8.45. The Morgan fingerprint density at radius 1 is 1.00 bits per heavy atom. The molecule has 1 aromatic carbocycles. The number of pyridine rings is 1. The van der Waals surface area contributed by atoms with Crippen LogP contribution in [0.3, 0.4) is 0 Å². The fourth-order valence-electron chi connectivity index (χ4n) is 2.82. The van der Waals surface area contributed by atoms with E-state index in [4.69, 9.17) is 10.5 Å². The molecule has 0 N–H and O–H groups in total. The van der Waals surface area contributed by atoms with Crippen LogP contribution in [0.1, 0.15) is 16.8 Å². The molecule has 24 heavy (non-hydrogen) atoms. The fourth-order valence-corrected chi connectivity index (χ4v) is 2.82. The van der Waals surface area contributed by atoms with Gasteiger partial charge in [0.25, 0.3) is 0 Å². The van der Waals surface area contributed by atoms with Gasteiger partial charge in [-0.3, -0.25) is 0 Å². The van der Waals surface area contributed by atoms with Gasteiger partial charge in [-0.15, -0.1) is 0 Å². The van der Waals surface area contributed by atoms with Crippen molar-refractivity contribution in [1.82, 2.24) is 4.98 Å². The Kier molecular flexibility index (Phi) is 4.31. The Labute approximate surface area is 140 Å². The van der Waals surface area contributed by atoms with E-state index in [1.54, 1.807) is 12.1 Å². The number of benzene rings is 1. The lowest BCUT2D eigenvalue weighted by atomic mass is 10.1. The molecular formula is C18H16FN5. The van der Waals surface area contributed by atoms with Gasteiger partial charge in [-0.05, 0) is 36.8 Å². The van der Waals surface area contributed by atoms with Crippen molar-refractivity contribution in [2.45, 2.75) is 6.92 Å². The number of anilines is 2. The SMILES string of the molecule is Cc1ccc(N2CCN(c3ccc(C#N)cc3F)CC2)nc1C#N. The van der Waals surface area contributed by atoms with E-state index in [9.17, 15) is 4.39 Å². The van der Waals surface area contributed by atoms with E-state index in [1.165, 1.54) is 6.07 Å². The topological polar surface area (TPSA) is 66.9 Å². The van der Waals surface area contributed by atoms with Crippen molar-refractivity contribution < 1.29 is 4.39 Å². The van der Waals surface area contributed by atoms with Crippen LogP contribution in [0, 0.1) is 35.4 Å². The molecule has 0 atom stereocenters. The van der Waals surface area contributed by atoms with Crippen molar-refractivity contribution in [2.24, 2.45) is 0 Å². The van der Waals surface area contributed by atoms with Crippen LogP contribution in [0.4, 0.5) is 15.9 Å². The summed E-state index contributed by atoms with van der Waals surface area (Å²) >= 11 is 0. The minimum atomic E-state index is -0.372. The number of nitriles is 2. The van der Waals surface area contributed by atoms with Gasteiger partial charge in [0.2, 0.25) is 0 Å². The molecule has 2 heterocycles. The second-order valence-electron chi connectivity index (χ2n) is 5.70. The average Bonchev–Trinajstić information content (AvgIpc) is 2.62. The van der Waals surface area contributed by atoms with E-state index in [2.05, 4.69) is 16.0 Å². The summed E-state index contributed by atoms with van der Waals surface area (Å²) in [6, 6.07) is 12.4. The van der Waals surface area contributed by atoms with E-state index in [0.29, 0.717) is 43.1 Å². The Bertz CT molecular complexity index is 841. The summed E-state index contributed by atoms with van der Waals surface area (Å²) in [6.07, 6.45) is 0. The molecular weight excluding hydrogens is 305 g/mol. The second-order valence-corrected chi connectivity index (χ2v) is 5.70. The number of halogens is 1. The smallest absolute Gasteiger partial charge is 0.147 e. The largest absolute Gasteiger partial charge is 0.366 e. The van der Waals surface area contributed by atoms with Crippen molar-refractivity contribution in [3.8, 4) is 12.1 Å². The summed E-state index contributed by atoms with van der Waals surface area (Å²) in [7, 11) is 0. The maximum Gasteiger partial charge on any atom is 0.147 e. The highest BCUT2D eigenvalue weighted by Crippen LogP contribution is 2.23. The van der Waals surface area contributed by atoms with Gasteiger partial charge in [0, 0.05) is 26.2 Å². The Hall–Kier alpha value is -3.12. The maximum atomic E-state index is 14.1. The number of rotatable bonds is 2. The van der Waals surface area contributed by atoms with Gasteiger partial charge >= 0.3 is 0 Å². The number of hydrogen-bond acceptors (Lipinski definition) is 5. The first-order chi connectivity index (χ1) is 11.6. The van der Waals surface area contributed by atoms with Crippen LogP contribution in [-0.2, 0) is 0 Å². The molecule has 5 nitrogen and oxygen atoms in total. The Morgan fingerprint density at radius 3 is 2.33 bits per heavy atom. The highest BCUT2D eigenvalue weighted by molar-refractivity contribution is 5.53. The van der Waals surface area contributed by atoms with Gasteiger partial charge in [-0.1, -0.05) is 6.07 Å². The standard InChI is InChI=1S/C18H16FN5/c1-13-2-5-18(22-16(13)12-21)24-8-6-23(7-9-24)17-4-3-14(11-20)10-15(17)19/h2-5,10H,6-9H2,1H3. The van der Waals surface area contributed by atoms with Gasteiger partial charge in [0.1, 0.15) is 23.4 Å². The van der Waals surface area contributed by atoms with Crippen molar-refractivity contribution in [3.63, 3.8) is 0 Å². The molecule has 120 valence electrons. The van der Waals surface area contributed by atoms with Gasteiger partial charge in [-0.2, -0.15) is 10.5 Å². The lowest BCUT2D eigenvalue weighted by Crippen LogP contribution is -2.47. The summed E-state index contributed by atoms with van der Waals surface area (Å²) in [6.45, 7) is 4.56. The molecule has 3 rings (SSSR count). The summed E-state index contributed by atoms with van der Waals surface area (Å²) in [5.74, 6) is 0.403. The Balaban J connectivity index is 1.72. The predicted molar refractivity (Wildman–Crippen MR) is 89.2 cm³/mol. The zero-order chi connectivity index (χ0) is 17.1. The van der Waals surface area contributed by atoms with Crippen molar-refractivity contribution in [3.05, 3.63) is 53.0 Å². The minimum absolute atomic E-state index is 0.322. The summed E-state index contributed by atoms with van der Waals surface area (Å²) in [5, 5.41) is 17.9. The molecule has 0 spiro atoms. The van der Waals surface area contributed by atoms with Gasteiger partial charge in [0.05, 0.1) is 17.3 Å². The minimum Gasteiger partial charge on any atom is -0.366 e. The first kappa shape index (κ1) is 15.8. The van der Waals surface area contributed by atoms with E-state index >= 15 is 0 Å². The lowest BCUT2D eigenvalue weighted by molar-refractivity contribution is 0.596. The maximum absolute atomic E-state index is 14.1. The van der Waals surface area contributed by atoms with Gasteiger partial charge in [0.15, 0.2) is 0 Å². The molecule has 6 heteroatoms. The fraction of sp³-hybridized carbons (Fsp3) is 0.278. The van der Waals surface area contributed by atoms with Crippen LogP contribution in [-0.4, -0.2) is 31.2 Å². The molecule has 0 radical (unpaired) electrons. The highest BCUT2D eigenvalue weighted by atomic mass is 19.1. The third-order valence-electron chi connectivity index (χ3n) is 4.21. The molecule has 0 aliphatic carbocycles. The predicted octanol–water partition coefficient (Wildman–Crippen LogP) is 2.60. The molecule has 0 unspecified atom stereocenters. The number of nitrogens with zero attached hydrogens (tertiary/aromatic N) is 5. The Morgan fingerprint density at radius 2 is 1.71 bits per heavy atom. The van der Waals surface area contributed by atoms with E-state index < -0.39 is 0 Å². The van der Waals surface area contributed by atoms with Crippen molar-refractivity contribution in [1.29, 1.82) is 10.5 Å². The number of aromatic nitrogens is 1. The van der Waals surface area contributed by atoms with Crippen LogP contribution in [0.2, 0.25) is 0 Å². The number of aryl methyl sites for hydroxylation is 1. The number of hydrogen-bond donors (Lipinski definition) is 0. The number of piperazine rings is 1. The molecule has 1 aliphatic heterocycles. The molecule has 1 aliphatic rings. The quantitative estimate of drug-likeness (QED) is 0.850. The zero-order valence-corrected chi connectivity index (χ0v) is 13.3. The first-order valence-corrected chi connectivity index (χ1v) is 7.69. The molecule has 1 fully saturated rings. The second kappa shape index (κ2) is 6.55. The van der Waals surface area contributed by atoms with Crippen LogP contribution in [0.25, 0.3) is 0 Å². The van der Waals surface area contributed by atoms with Crippen LogP contribution in [0.15, 0.2) is 30.3 Å². The zero-order valence-electron chi connectivity index (χ0n) is 13.3. The van der Waals surface area contributed by atoms with E-state index in [1.807, 2.05) is 30.0 Å². The molecule has 2 aromatic rings. The average molecular weight is 321 g/mol. The van der Waals surface area contributed by atoms with Crippen molar-refractivity contribution >= 4 is 11.5 Å². The normalized spacial score (nSPS) is 14.2. The van der Waals surface area contributed by atoms with Crippen LogP contribution < -0.4 is 9.80 Å². The van der Waals surface area contributed by atoms with Gasteiger partial charge < -0.3 is 9.80 Å². The molecule has 0 bridgehead atoms. The third-order valence-corrected chi connectivity index (χ3v) is 4.21. The van der Waals surface area contributed by atoms with Gasteiger partial charge in [-0.25, -0.2) is 9.37 Å². The highest BCUT2D eigenvalue weighted by Gasteiger charge is 2.21. The monoisotopic (exact) mass is 321 g/mol. The third kappa shape index (κ3) is 3.00. The van der Waals surface area contributed by atoms with E-state index in [0.717, 1.165) is 11.4 Å². The molecule has 0 amide bonds. The molecule has 0 saturated carbocycles.